The van der Waals surface area contributed by atoms with E-state index in [1.165, 1.54) is 0 Å². The Labute approximate surface area is 112 Å². The lowest BCUT2D eigenvalue weighted by Gasteiger charge is -2.14. The van der Waals surface area contributed by atoms with Crippen LogP contribution in [0.4, 0.5) is 5.69 Å². The SMILES string of the molecule is Cc1nn(C)c(Oc2cccc(N(C)C)c2)c1C=O. The molecule has 2 rings (SSSR count). The summed E-state index contributed by atoms with van der Waals surface area (Å²) in [6, 6.07) is 7.66. The summed E-state index contributed by atoms with van der Waals surface area (Å²) in [4.78, 5) is 13.1. The first-order valence-electron chi connectivity index (χ1n) is 5.97. The molecule has 1 heterocycles. The maximum Gasteiger partial charge on any atom is 0.228 e. The van der Waals surface area contributed by atoms with E-state index in [9.17, 15) is 4.79 Å². The number of aromatic nitrogens is 2. The van der Waals surface area contributed by atoms with Crippen molar-refractivity contribution < 1.29 is 9.53 Å². The number of ether oxygens (including phenoxy) is 1. The first-order valence-corrected chi connectivity index (χ1v) is 5.97. The largest absolute Gasteiger partial charge is 0.438 e. The molecule has 0 aliphatic carbocycles. The number of rotatable bonds is 4. The number of nitrogens with zero attached hydrogens (tertiary/aromatic N) is 3. The van der Waals surface area contributed by atoms with E-state index >= 15 is 0 Å². The van der Waals surface area contributed by atoms with Gasteiger partial charge >= 0.3 is 0 Å². The third kappa shape index (κ3) is 2.59. The molecule has 5 nitrogen and oxygen atoms in total. The summed E-state index contributed by atoms with van der Waals surface area (Å²) in [6.07, 6.45) is 0.771. The van der Waals surface area contributed by atoms with Gasteiger partial charge in [-0.2, -0.15) is 5.10 Å². The average Bonchev–Trinajstić information content (AvgIpc) is 2.64. The highest BCUT2D eigenvalue weighted by Crippen LogP contribution is 2.28. The van der Waals surface area contributed by atoms with Crippen LogP contribution in [0, 0.1) is 6.92 Å². The van der Waals surface area contributed by atoms with Crippen LogP contribution in [0.2, 0.25) is 0 Å². The summed E-state index contributed by atoms with van der Waals surface area (Å²) in [5, 5.41) is 4.19. The fourth-order valence-electron chi connectivity index (χ4n) is 1.85. The molecule has 5 heteroatoms. The lowest BCUT2D eigenvalue weighted by molar-refractivity contribution is 0.112. The molecular formula is C14H17N3O2. The summed E-state index contributed by atoms with van der Waals surface area (Å²) in [7, 11) is 5.68. The average molecular weight is 259 g/mol. The van der Waals surface area contributed by atoms with Crippen molar-refractivity contribution >= 4 is 12.0 Å². The van der Waals surface area contributed by atoms with Crippen LogP contribution in [0.15, 0.2) is 24.3 Å². The molecule has 0 fully saturated rings. The number of aldehydes is 1. The third-order valence-corrected chi connectivity index (χ3v) is 2.88. The van der Waals surface area contributed by atoms with Gasteiger partial charge in [0.2, 0.25) is 5.88 Å². The maximum absolute atomic E-state index is 11.1. The Bertz CT molecular complexity index is 603. The van der Waals surface area contributed by atoms with Gasteiger partial charge in [-0.25, -0.2) is 4.68 Å². The Morgan fingerprint density at radius 1 is 1.37 bits per heavy atom. The van der Waals surface area contributed by atoms with Crippen molar-refractivity contribution in [1.29, 1.82) is 0 Å². The number of hydrogen-bond acceptors (Lipinski definition) is 4. The van der Waals surface area contributed by atoms with Gasteiger partial charge in [-0.3, -0.25) is 4.79 Å². The lowest BCUT2D eigenvalue weighted by atomic mass is 10.2. The van der Waals surface area contributed by atoms with Crippen LogP contribution in [-0.4, -0.2) is 30.2 Å². The Balaban J connectivity index is 2.36. The molecule has 0 spiro atoms. The van der Waals surface area contributed by atoms with E-state index in [0.29, 0.717) is 22.9 Å². The minimum atomic E-state index is 0.461. The van der Waals surface area contributed by atoms with Crippen molar-refractivity contribution in [3.05, 3.63) is 35.5 Å². The number of aryl methyl sites for hydroxylation is 2. The van der Waals surface area contributed by atoms with Gasteiger partial charge in [0.25, 0.3) is 0 Å². The van der Waals surface area contributed by atoms with Gasteiger partial charge in [0.05, 0.1) is 11.3 Å². The molecule has 2 aromatic rings. The Kier molecular flexibility index (Phi) is 3.55. The molecule has 1 aromatic carbocycles. The second-order valence-electron chi connectivity index (χ2n) is 4.54. The first kappa shape index (κ1) is 13.1. The molecule has 0 aliphatic heterocycles. The van der Waals surface area contributed by atoms with Crippen LogP contribution in [-0.2, 0) is 7.05 Å². The van der Waals surface area contributed by atoms with Crippen molar-refractivity contribution in [3.8, 4) is 11.6 Å². The lowest BCUT2D eigenvalue weighted by Crippen LogP contribution is -2.08. The predicted molar refractivity (Wildman–Crippen MR) is 74.2 cm³/mol. The van der Waals surface area contributed by atoms with Gasteiger partial charge in [-0.1, -0.05) is 6.07 Å². The molecule has 19 heavy (non-hydrogen) atoms. The number of hydrogen-bond donors (Lipinski definition) is 0. The second kappa shape index (κ2) is 5.14. The van der Waals surface area contributed by atoms with Gasteiger partial charge in [0.1, 0.15) is 5.75 Å². The predicted octanol–water partition coefficient (Wildman–Crippen LogP) is 2.40. The first-order chi connectivity index (χ1) is 9.02. The van der Waals surface area contributed by atoms with E-state index in [1.54, 1.807) is 18.7 Å². The third-order valence-electron chi connectivity index (χ3n) is 2.88. The van der Waals surface area contributed by atoms with Gasteiger partial charge in [-0.05, 0) is 19.1 Å². The smallest absolute Gasteiger partial charge is 0.228 e. The summed E-state index contributed by atoms with van der Waals surface area (Å²) in [5.41, 5.74) is 2.18. The highest BCUT2D eigenvalue weighted by molar-refractivity contribution is 5.80. The van der Waals surface area contributed by atoms with E-state index in [-0.39, 0.29) is 0 Å². The monoisotopic (exact) mass is 259 g/mol. The van der Waals surface area contributed by atoms with E-state index in [2.05, 4.69) is 5.10 Å². The fraction of sp³-hybridized carbons (Fsp3) is 0.286. The summed E-state index contributed by atoms with van der Waals surface area (Å²) >= 11 is 0. The molecule has 100 valence electrons. The topological polar surface area (TPSA) is 47.4 Å². The highest BCUT2D eigenvalue weighted by atomic mass is 16.5. The van der Waals surface area contributed by atoms with Crippen molar-refractivity contribution in [2.75, 3.05) is 19.0 Å². The molecule has 1 aromatic heterocycles. The fourth-order valence-corrected chi connectivity index (χ4v) is 1.85. The molecule has 0 saturated heterocycles. The Morgan fingerprint density at radius 3 is 2.74 bits per heavy atom. The Morgan fingerprint density at radius 2 is 2.11 bits per heavy atom. The number of carbonyl (C=O) groups is 1. The van der Waals surface area contributed by atoms with Crippen molar-refractivity contribution in [1.82, 2.24) is 9.78 Å². The Hall–Kier alpha value is -2.30. The number of carbonyl (C=O) groups excluding carboxylic acids is 1. The standard InChI is InChI=1S/C14H17N3O2/c1-10-13(9-18)14(17(4)15-10)19-12-7-5-6-11(8-12)16(2)3/h5-9H,1-4H3. The van der Waals surface area contributed by atoms with Crippen molar-refractivity contribution in [2.24, 2.45) is 7.05 Å². The number of benzene rings is 1. The molecule has 0 amide bonds. The minimum Gasteiger partial charge on any atom is -0.438 e. The zero-order valence-corrected chi connectivity index (χ0v) is 11.5. The molecule has 0 atom stereocenters. The van der Waals surface area contributed by atoms with Crippen LogP contribution in [0.1, 0.15) is 16.1 Å². The van der Waals surface area contributed by atoms with Crippen LogP contribution in [0.3, 0.4) is 0 Å². The number of anilines is 1. The van der Waals surface area contributed by atoms with Crippen molar-refractivity contribution in [2.45, 2.75) is 6.92 Å². The summed E-state index contributed by atoms with van der Waals surface area (Å²) in [6.45, 7) is 1.78. The van der Waals surface area contributed by atoms with Crippen LogP contribution < -0.4 is 9.64 Å². The molecule has 0 bridgehead atoms. The summed E-state index contributed by atoms with van der Waals surface area (Å²) in [5.74, 6) is 1.14. The molecule has 0 saturated carbocycles. The van der Waals surface area contributed by atoms with Crippen LogP contribution in [0.25, 0.3) is 0 Å². The zero-order valence-electron chi connectivity index (χ0n) is 11.5. The van der Waals surface area contributed by atoms with E-state index < -0.39 is 0 Å². The zero-order chi connectivity index (χ0) is 14.0. The quantitative estimate of drug-likeness (QED) is 0.791. The molecule has 0 aliphatic rings. The molecular weight excluding hydrogens is 242 g/mol. The van der Waals surface area contributed by atoms with Gasteiger partial charge < -0.3 is 9.64 Å². The van der Waals surface area contributed by atoms with Crippen molar-refractivity contribution in [3.63, 3.8) is 0 Å². The molecule has 0 radical (unpaired) electrons. The molecule has 0 unspecified atom stereocenters. The van der Waals surface area contributed by atoms with E-state index in [0.717, 1.165) is 12.0 Å². The second-order valence-corrected chi connectivity index (χ2v) is 4.54. The normalized spacial score (nSPS) is 10.3. The van der Waals surface area contributed by atoms with Crippen LogP contribution in [0.5, 0.6) is 11.6 Å². The van der Waals surface area contributed by atoms with E-state index in [1.807, 2.05) is 43.3 Å². The summed E-state index contributed by atoms with van der Waals surface area (Å²) < 4.78 is 7.36. The maximum atomic E-state index is 11.1. The van der Waals surface area contributed by atoms with Gasteiger partial charge in [-0.15, -0.1) is 0 Å². The van der Waals surface area contributed by atoms with Gasteiger partial charge in [0, 0.05) is 32.9 Å². The van der Waals surface area contributed by atoms with Gasteiger partial charge in [0.15, 0.2) is 6.29 Å². The van der Waals surface area contributed by atoms with Crippen LogP contribution >= 0.6 is 0 Å². The highest BCUT2D eigenvalue weighted by Gasteiger charge is 2.14. The van der Waals surface area contributed by atoms with E-state index in [4.69, 9.17) is 4.74 Å². The minimum absolute atomic E-state index is 0.461. The molecule has 0 N–H and O–H groups in total.